The van der Waals surface area contributed by atoms with Gasteiger partial charge in [-0.25, -0.2) is 36.1 Å². The Hall–Kier alpha value is -5.38. The first kappa shape index (κ1) is 37.6. The molecule has 2 aliphatic heterocycles. The molecular formula is C29H26F6N4O6. The van der Waals surface area contributed by atoms with Gasteiger partial charge < -0.3 is 21.3 Å². The fraction of sp³-hybridized carbons (Fsp3) is 0.172. The minimum Gasteiger partial charge on any atom is -0.460 e. The Labute approximate surface area is 252 Å². The van der Waals surface area contributed by atoms with Crippen molar-refractivity contribution in [3.63, 3.8) is 0 Å². The van der Waals surface area contributed by atoms with E-state index in [1.807, 2.05) is 0 Å². The fourth-order valence-corrected chi connectivity index (χ4v) is 3.22. The Morgan fingerprint density at radius 3 is 1.93 bits per heavy atom. The summed E-state index contributed by atoms with van der Waals surface area (Å²) in [4.78, 5) is 48.2. The standard InChI is InChI=1S/2C9H5F2NO.C6H6F2N2.C4H6O3.CH4O/c10-7-1-2-8-6(9(7)11)3-5(13)4-12-8;10-7-2-1-5-3-6(13)4-12-9(5)8(7)11;7-3-1-2-4(9)6(10)5(3)8;1-2-7-4(6)3-5;1-2/h2*1-2,4H,3H2;1-2H,9-10H2;3H,2H2,1H3;2H,1H3. The van der Waals surface area contributed by atoms with Crippen molar-refractivity contribution in [3.05, 3.63) is 82.4 Å². The van der Waals surface area contributed by atoms with Gasteiger partial charge in [0, 0.05) is 25.5 Å². The number of nitrogens with zero attached hydrogens (tertiary/aromatic N) is 2. The largest absolute Gasteiger partial charge is 0.460 e. The maximum Gasteiger partial charge on any atom is 0.371 e. The zero-order valence-electron chi connectivity index (χ0n) is 23.6. The number of aliphatic hydroxyl groups is 1. The lowest BCUT2D eigenvalue weighted by Crippen LogP contribution is -2.10. The molecule has 0 aliphatic carbocycles. The molecule has 0 fully saturated rings. The normalized spacial score (nSPS) is 11.8. The smallest absolute Gasteiger partial charge is 0.371 e. The van der Waals surface area contributed by atoms with Gasteiger partial charge in [-0.05, 0) is 42.8 Å². The maximum absolute atomic E-state index is 13.1. The molecule has 2 heterocycles. The van der Waals surface area contributed by atoms with Crippen molar-refractivity contribution < 1.29 is 55.4 Å². The molecule has 16 heteroatoms. The number of carbonyl (C=O) groups is 4. The summed E-state index contributed by atoms with van der Waals surface area (Å²) < 4.78 is 80.3. The number of fused-ring (bicyclic) bond motifs is 2. The molecule has 0 bridgehead atoms. The number of benzene rings is 3. The second-order valence-corrected chi connectivity index (χ2v) is 8.26. The summed E-state index contributed by atoms with van der Waals surface area (Å²) in [5, 5.41) is 7.00. The van der Waals surface area contributed by atoms with Crippen LogP contribution in [-0.4, -0.2) is 55.1 Å². The highest BCUT2D eigenvalue weighted by molar-refractivity contribution is 6.30. The lowest BCUT2D eigenvalue weighted by atomic mass is 10.0. The average Bonchev–Trinajstić information content (AvgIpc) is 3.04. The first-order valence-electron chi connectivity index (χ1n) is 12.4. The van der Waals surface area contributed by atoms with Crippen molar-refractivity contribution in [2.75, 3.05) is 25.2 Å². The summed E-state index contributed by atoms with van der Waals surface area (Å²) >= 11 is 0. The second kappa shape index (κ2) is 18.3. The molecule has 10 nitrogen and oxygen atoms in total. The van der Waals surface area contributed by atoms with Gasteiger partial charge in [0.1, 0.15) is 5.69 Å². The molecule has 0 aromatic heterocycles. The third kappa shape index (κ3) is 11.0. The van der Waals surface area contributed by atoms with Gasteiger partial charge >= 0.3 is 5.97 Å². The number of hydrogen-bond donors (Lipinski definition) is 3. The van der Waals surface area contributed by atoms with E-state index < -0.39 is 40.9 Å². The number of anilines is 2. The molecule has 3 aromatic rings. The van der Waals surface area contributed by atoms with E-state index in [1.54, 1.807) is 6.92 Å². The Morgan fingerprint density at radius 1 is 0.822 bits per heavy atom. The molecule has 45 heavy (non-hydrogen) atoms. The molecule has 0 saturated carbocycles. The van der Waals surface area contributed by atoms with Crippen molar-refractivity contribution in [2.24, 2.45) is 9.98 Å². The van der Waals surface area contributed by atoms with E-state index in [0.29, 0.717) is 11.3 Å². The fourth-order valence-electron chi connectivity index (χ4n) is 3.22. The summed E-state index contributed by atoms with van der Waals surface area (Å²) in [5.74, 6) is -7.21. The number of halogens is 6. The Morgan fingerprint density at radius 2 is 1.36 bits per heavy atom. The van der Waals surface area contributed by atoms with Crippen LogP contribution in [0.2, 0.25) is 0 Å². The van der Waals surface area contributed by atoms with Crippen molar-refractivity contribution in [2.45, 2.75) is 19.8 Å². The number of aliphatic imine (C=N–C) groups is 2. The summed E-state index contributed by atoms with van der Waals surface area (Å²) in [5.41, 5.74) is 10.7. The van der Waals surface area contributed by atoms with Crippen LogP contribution in [0.3, 0.4) is 0 Å². The van der Waals surface area contributed by atoms with Crippen molar-refractivity contribution in [1.29, 1.82) is 0 Å². The van der Waals surface area contributed by atoms with Crippen molar-refractivity contribution >= 4 is 59.0 Å². The highest BCUT2D eigenvalue weighted by Gasteiger charge is 2.19. The number of nitrogen functional groups attached to an aromatic ring is 2. The van der Waals surface area contributed by atoms with Gasteiger partial charge in [0.15, 0.2) is 46.5 Å². The molecule has 3 aromatic carbocycles. The van der Waals surface area contributed by atoms with E-state index in [2.05, 4.69) is 14.7 Å². The van der Waals surface area contributed by atoms with Gasteiger partial charge in [-0.3, -0.25) is 19.4 Å². The second-order valence-electron chi connectivity index (χ2n) is 8.26. The molecule has 5 N–H and O–H groups in total. The first-order valence-corrected chi connectivity index (χ1v) is 12.4. The van der Waals surface area contributed by atoms with Crippen LogP contribution < -0.4 is 11.5 Å². The van der Waals surface area contributed by atoms with E-state index in [1.165, 1.54) is 18.2 Å². The molecule has 0 radical (unpaired) electrons. The van der Waals surface area contributed by atoms with Crippen LogP contribution in [0.5, 0.6) is 0 Å². The zero-order valence-corrected chi connectivity index (χ0v) is 23.6. The monoisotopic (exact) mass is 640 g/mol. The molecule has 5 rings (SSSR count). The summed E-state index contributed by atoms with van der Waals surface area (Å²) in [6.07, 6.45) is 2.27. The number of aliphatic hydroxyl groups excluding tert-OH is 1. The van der Waals surface area contributed by atoms with Gasteiger partial charge in [0.25, 0.3) is 0 Å². The van der Waals surface area contributed by atoms with Crippen LogP contribution >= 0.6 is 0 Å². The van der Waals surface area contributed by atoms with Crippen LogP contribution in [0, 0.1) is 34.9 Å². The molecule has 0 saturated heterocycles. The minimum absolute atomic E-state index is 0.0486. The number of Topliss-reactive ketones (excluding diaryl/α,β-unsaturated/α-hetero) is 2. The van der Waals surface area contributed by atoms with Crippen LogP contribution in [0.1, 0.15) is 18.1 Å². The van der Waals surface area contributed by atoms with Crippen LogP contribution in [-0.2, 0) is 36.8 Å². The molecule has 2 aliphatic rings. The van der Waals surface area contributed by atoms with Gasteiger partial charge in [-0.2, -0.15) is 0 Å². The van der Waals surface area contributed by atoms with Crippen LogP contribution in [0.25, 0.3) is 0 Å². The highest BCUT2D eigenvalue weighted by Crippen LogP contribution is 2.28. The lowest BCUT2D eigenvalue weighted by Gasteiger charge is -2.09. The van der Waals surface area contributed by atoms with E-state index in [0.717, 1.165) is 37.7 Å². The zero-order chi connectivity index (χ0) is 34.3. The molecule has 240 valence electrons. The van der Waals surface area contributed by atoms with Crippen molar-refractivity contribution in [1.82, 2.24) is 0 Å². The Bertz CT molecular complexity index is 1590. The molecular weight excluding hydrogens is 614 g/mol. The molecule has 0 spiro atoms. The van der Waals surface area contributed by atoms with E-state index in [4.69, 9.17) is 16.6 Å². The summed E-state index contributed by atoms with van der Waals surface area (Å²) in [6.45, 7) is 1.90. The van der Waals surface area contributed by atoms with Gasteiger partial charge in [-0.1, -0.05) is 6.07 Å². The summed E-state index contributed by atoms with van der Waals surface area (Å²) in [7, 11) is 1.00. The van der Waals surface area contributed by atoms with Crippen molar-refractivity contribution in [3.8, 4) is 0 Å². The number of nitrogens with two attached hydrogens (primary N) is 2. The number of ether oxygens (including phenoxy) is 1. The predicted molar refractivity (Wildman–Crippen MR) is 152 cm³/mol. The van der Waals surface area contributed by atoms with Crippen LogP contribution in [0.15, 0.2) is 46.4 Å². The molecule has 0 unspecified atom stereocenters. The average molecular weight is 641 g/mol. The topological polar surface area (TPSA) is 174 Å². The molecule has 0 amide bonds. The Balaban J connectivity index is 0.000000302. The first-order chi connectivity index (χ1) is 21.3. The van der Waals surface area contributed by atoms with E-state index in [9.17, 15) is 45.5 Å². The third-order valence-corrected chi connectivity index (χ3v) is 5.27. The number of carbonyl (C=O) groups excluding carboxylic acids is 4. The number of esters is 1. The number of hydrogen-bond acceptors (Lipinski definition) is 10. The SMILES string of the molecule is CCOC(=O)C=O.CO.Nc1ccc(F)c(F)c1N.O=C1C=Nc2c(ccc(F)c2F)C1.O=C1C=Nc2ccc(F)c(F)c2C1. The van der Waals surface area contributed by atoms with Crippen LogP contribution in [0.4, 0.5) is 49.1 Å². The number of ketones is 2. The minimum atomic E-state index is -1.08. The van der Waals surface area contributed by atoms with Gasteiger partial charge in [0.2, 0.25) is 6.29 Å². The van der Waals surface area contributed by atoms with Gasteiger partial charge in [-0.15, -0.1) is 0 Å². The third-order valence-electron chi connectivity index (χ3n) is 5.27. The van der Waals surface area contributed by atoms with E-state index >= 15 is 0 Å². The molecule has 0 atom stereocenters. The number of rotatable bonds is 2. The lowest BCUT2D eigenvalue weighted by molar-refractivity contribution is -0.148. The van der Waals surface area contributed by atoms with E-state index in [-0.39, 0.29) is 59.9 Å². The highest BCUT2D eigenvalue weighted by atomic mass is 19.2. The maximum atomic E-state index is 13.1. The van der Waals surface area contributed by atoms with Gasteiger partial charge in [0.05, 0.1) is 36.1 Å². The Kier molecular flexibility index (Phi) is 15.3. The summed E-state index contributed by atoms with van der Waals surface area (Å²) in [6, 6.07) is 6.89. The quantitative estimate of drug-likeness (QED) is 0.124. The number of aldehydes is 1. The predicted octanol–water partition coefficient (Wildman–Crippen LogP) is 4.07.